The number of benzene rings is 1. The van der Waals surface area contributed by atoms with Gasteiger partial charge in [0.2, 0.25) is 0 Å². The van der Waals surface area contributed by atoms with Crippen LogP contribution in [0.15, 0.2) is 24.3 Å². The van der Waals surface area contributed by atoms with E-state index in [1.54, 1.807) is 0 Å². The predicted molar refractivity (Wildman–Crippen MR) is 77.6 cm³/mol. The molecule has 0 heterocycles. The van der Waals surface area contributed by atoms with Gasteiger partial charge in [0.1, 0.15) is 5.78 Å². The largest absolute Gasteiger partial charge is 0.399 e. The molecule has 0 saturated heterocycles. The van der Waals surface area contributed by atoms with Crippen molar-refractivity contribution in [2.24, 2.45) is 5.41 Å². The minimum absolute atomic E-state index is 0.236. The van der Waals surface area contributed by atoms with Crippen molar-refractivity contribution in [2.45, 2.75) is 52.9 Å². The Kier molecular flexibility index (Phi) is 4.94. The molecule has 0 saturated carbocycles. The number of nitrogens with two attached hydrogens (primary N) is 1. The van der Waals surface area contributed by atoms with E-state index >= 15 is 0 Å². The molecule has 2 nitrogen and oxygen atoms in total. The van der Waals surface area contributed by atoms with Gasteiger partial charge in [-0.2, -0.15) is 0 Å². The van der Waals surface area contributed by atoms with Gasteiger partial charge in [-0.1, -0.05) is 39.8 Å². The van der Waals surface area contributed by atoms with E-state index < -0.39 is 0 Å². The second-order valence-corrected chi connectivity index (χ2v) is 6.37. The van der Waals surface area contributed by atoms with Crippen LogP contribution in [0, 0.1) is 5.41 Å². The first-order valence-electron chi connectivity index (χ1n) is 6.65. The average Bonchev–Trinajstić information content (AvgIpc) is 2.26. The van der Waals surface area contributed by atoms with Gasteiger partial charge in [0.15, 0.2) is 0 Å². The summed E-state index contributed by atoms with van der Waals surface area (Å²) in [5, 5.41) is 0. The van der Waals surface area contributed by atoms with Gasteiger partial charge in [0.05, 0.1) is 0 Å². The Bertz CT molecular complexity index is 387. The summed E-state index contributed by atoms with van der Waals surface area (Å²) < 4.78 is 0. The van der Waals surface area contributed by atoms with E-state index in [1.807, 2.05) is 24.3 Å². The first kappa shape index (κ1) is 14.7. The molecular weight excluding hydrogens is 222 g/mol. The molecule has 1 rings (SSSR count). The van der Waals surface area contributed by atoms with Gasteiger partial charge in [0, 0.05) is 18.5 Å². The summed E-state index contributed by atoms with van der Waals surface area (Å²) in [4.78, 5) is 11.9. The van der Waals surface area contributed by atoms with Crippen molar-refractivity contribution in [1.29, 1.82) is 0 Å². The van der Waals surface area contributed by atoms with Gasteiger partial charge in [-0.3, -0.25) is 4.79 Å². The number of hydrogen-bond donors (Lipinski definition) is 1. The highest BCUT2D eigenvalue weighted by molar-refractivity contribution is 5.79. The number of carbonyl (C=O) groups is 1. The minimum atomic E-state index is 0.236. The highest BCUT2D eigenvalue weighted by Crippen LogP contribution is 2.24. The number of ketones is 1. The molecule has 1 unspecified atom stereocenters. The molecule has 1 atom stereocenters. The van der Waals surface area contributed by atoms with Gasteiger partial charge in [-0.15, -0.1) is 0 Å². The molecule has 0 aliphatic heterocycles. The van der Waals surface area contributed by atoms with Gasteiger partial charge >= 0.3 is 0 Å². The molecule has 0 bridgehead atoms. The lowest BCUT2D eigenvalue weighted by atomic mass is 9.87. The molecule has 18 heavy (non-hydrogen) atoms. The molecule has 0 spiro atoms. The normalized spacial score (nSPS) is 13.3. The van der Waals surface area contributed by atoms with Gasteiger partial charge in [-0.25, -0.2) is 0 Å². The maximum atomic E-state index is 11.9. The summed E-state index contributed by atoms with van der Waals surface area (Å²) in [6, 6.07) is 7.81. The van der Waals surface area contributed by atoms with Gasteiger partial charge < -0.3 is 5.73 Å². The fourth-order valence-electron chi connectivity index (χ4n) is 1.90. The van der Waals surface area contributed by atoms with Crippen LogP contribution >= 0.6 is 0 Å². The molecule has 0 fully saturated rings. The van der Waals surface area contributed by atoms with Crippen LogP contribution in [-0.2, 0) is 4.79 Å². The van der Waals surface area contributed by atoms with Gasteiger partial charge in [-0.05, 0) is 35.4 Å². The molecule has 2 N–H and O–H groups in total. The number of hydrogen-bond acceptors (Lipinski definition) is 2. The highest BCUT2D eigenvalue weighted by atomic mass is 16.1. The van der Waals surface area contributed by atoms with Crippen LogP contribution in [0.3, 0.4) is 0 Å². The van der Waals surface area contributed by atoms with Crippen LogP contribution in [0.4, 0.5) is 5.69 Å². The zero-order valence-electron chi connectivity index (χ0n) is 12.0. The Balaban J connectivity index is 2.47. The van der Waals surface area contributed by atoms with Crippen LogP contribution in [0.2, 0.25) is 0 Å². The lowest BCUT2D eigenvalue weighted by molar-refractivity contribution is -0.119. The molecule has 0 aliphatic carbocycles. The molecule has 0 radical (unpaired) electrons. The molecule has 1 aromatic carbocycles. The van der Waals surface area contributed by atoms with Gasteiger partial charge in [0.25, 0.3) is 0 Å². The van der Waals surface area contributed by atoms with E-state index in [4.69, 9.17) is 5.73 Å². The van der Waals surface area contributed by atoms with E-state index in [9.17, 15) is 4.79 Å². The first-order valence-corrected chi connectivity index (χ1v) is 6.65. The second-order valence-electron chi connectivity index (χ2n) is 6.37. The third-order valence-corrected chi connectivity index (χ3v) is 3.19. The zero-order chi connectivity index (χ0) is 13.8. The number of anilines is 1. The zero-order valence-corrected chi connectivity index (χ0v) is 12.0. The molecule has 1 aromatic rings. The molecule has 0 aromatic heterocycles. The maximum absolute atomic E-state index is 11.9. The van der Waals surface area contributed by atoms with Crippen molar-refractivity contribution in [3.05, 3.63) is 29.8 Å². The summed E-state index contributed by atoms with van der Waals surface area (Å²) in [7, 11) is 0. The van der Waals surface area contributed by atoms with Crippen LogP contribution in [-0.4, -0.2) is 5.78 Å². The Hall–Kier alpha value is -1.31. The topological polar surface area (TPSA) is 43.1 Å². The van der Waals surface area contributed by atoms with Crippen LogP contribution < -0.4 is 5.73 Å². The molecule has 0 aliphatic rings. The summed E-state index contributed by atoms with van der Waals surface area (Å²) in [6.07, 6.45) is 2.27. The van der Waals surface area contributed by atoms with Crippen molar-refractivity contribution >= 4 is 11.5 Å². The Morgan fingerprint density at radius 2 is 1.78 bits per heavy atom. The number of carbonyl (C=O) groups excluding carboxylic acids is 1. The molecule has 2 heteroatoms. The third kappa shape index (κ3) is 5.35. The highest BCUT2D eigenvalue weighted by Gasteiger charge is 2.15. The Labute approximate surface area is 111 Å². The van der Waals surface area contributed by atoms with E-state index in [0.717, 1.165) is 12.1 Å². The van der Waals surface area contributed by atoms with E-state index in [-0.39, 0.29) is 11.3 Å². The van der Waals surface area contributed by atoms with Crippen molar-refractivity contribution in [3.63, 3.8) is 0 Å². The lowest BCUT2D eigenvalue weighted by Crippen LogP contribution is -2.10. The summed E-state index contributed by atoms with van der Waals surface area (Å²) >= 11 is 0. The molecular formula is C16H25NO. The number of nitrogen functional groups attached to an aromatic ring is 1. The maximum Gasteiger partial charge on any atom is 0.133 e. The number of rotatable bonds is 5. The fraction of sp³-hybridized carbons (Fsp3) is 0.562. The minimum Gasteiger partial charge on any atom is -0.399 e. The Morgan fingerprint density at radius 1 is 1.22 bits per heavy atom. The third-order valence-electron chi connectivity index (χ3n) is 3.19. The number of Topliss-reactive ketones (excluding diaryl/α,β-unsaturated/α-hetero) is 1. The average molecular weight is 247 g/mol. The fourth-order valence-corrected chi connectivity index (χ4v) is 1.90. The van der Waals surface area contributed by atoms with E-state index in [2.05, 4.69) is 27.7 Å². The quantitative estimate of drug-likeness (QED) is 0.794. The van der Waals surface area contributed by atoms with Crippen molar-refractivity contribution in [1.82, 2.24) is 0 Å². The predicted octanol–water partition coefficient (Wildman–Crippen LogP) is 4.16. The van der Waals surface area contributed by atoms with Crippen LogP contribution in [0.1, 0.15) is 58.4 Å². The van der Waals surface area contributed by atoms with E-state index in [0.29, 0.717) is 18.6 Å². The smallest absolute Gasteiger partial charge is 0.133 e. The van der Waals surface area contributed by atoms with Crippen molar-refractivity contribution in [3.8, 4) is 0 Å². The summed E-state index contributed by atoms with van der Waals surface area (Å²) in [5.41, 5.74) is 7.85. The summed E-state index contributed by atoms with van der Waals surface area (Å²) in [5.74, 6) is 0.632. The SMILES string of the molecule is CC(CC(=O)CCC(C)(C)C)c1ccc(N)cc1. The lowest BCUT2D eigenvalue weighted by Gasteiger charge is -2.18. The monoisotopic (exact) mass is 247 g/mol. The van der Waals surface area contributed by atoms with Crippen molar-refractivity contribution in [2.75, 3.05) is 5.73 Å². The standard InChI is InChI=1S/C16H25NO/c1-12(13-5-7-14(17)8-6-13)11-15(18)9-10-16(2,3)4/h5-8,12H,9-11,17H2,1-4H3. The molecule has 0 amide bonds. The van der Waals surface area contributed by atoms with Crippen molar-refractivity contribution < 1.29 is 4.79 Å². The van der Waals surface area contributed by atoms with E-state index in [1.165, 1.54) is 5.56 Å². The molecule has 100 valence electrons. The second kappa shape index (κ2) is 6.03. The first-order chi connectivity index (χ1) is 8.28. The summed E-state index contributed by atoms with van der Waals surface area (Å²) in [6.45, 7) is 8.61. The van der Waals surface area contributed by atoms with Crippen LogP contribution in [0.25, 0.3) is 0 Å². The Morgan fingerprint density at radius 3 is 2.28 bits per heavy atom. The van der Waals surface area contributed by atoms with Crippen LogP contribution in [0.5, 0.6) is 0 Å².